The molecule has 0 radical (unpaired) electrons. The van der Waals surface area contributed by atoms with Crippen molar-refractivity contribution in [1.82, 2.24) is 4.90 Å². The Hall–Kier alpha value is 0.220. The predicted octanol–water partition coefficient (Wildman–Crippen LogP) is 5.84. The van der Waals surface area contributed by atoms with E-state index in [4.69, 9.17) is 18.1 Å². The summed E-state index contributed by atoms with van der Waals surface area (Å²) in [4.78, 5) is 1.57. The van der Waals surface area contributed by atoms with Gasteiger partial charge in [0.1, 0.15) is 12.6 Å². The van der Waals surface area contributed by atoms with Gasteiger partial charge in [0.2, 0.25) is 0 Å². The van der Waals surface area contributed by atoms with Gasteiger partial charge in [-0.2, -0.15) is 0 Å². The summed E-state index contributed by atoms with van der Waals surface area (Å²) in [7, 11) is -7.31. The van der Waals surface area contributed by atoms with E-state index in [0.29, 0.717) is 0 Å². The first-order valence-electron chi connectivity index (χ1n) is 10.3. The Morgan fingerprint density at radius 2 is 0.833 bits per heavy atom. The second kappa shape index (κ2) is 10.4. The van der Waals surface area contributed by atoms with Gasteiger partial charge in [-0.25, -0.2) is 0 Å². The Labute approximate surface area is 184 Å². The fourth-order valence-corrected chi connectivity index (χ4v) is 7.90. The van der Waals surface area contributed by atoms with Gasteiger partial charge in [0.05, 0.1) is 29.0 Å². The Kier molecular flexibility index (Phi) is 10.5. The van der Waals surface area contributed by atoms with Crippen LogP contribution in [0.5, 0.6) is 0 Å². The van der Waals surface area contributed by atoms with E-state index in [1.165, 1.54) is 0 Å². The normalized spacial score (nSPS) is 15.1. The van der Waals surface area contributed by atoms with E-state index >= 15 is 0 Å². The van der Waals surface area contributed by atoms with Gasteiger partial charge in [-0.05, 0) is 83.1 Å². The Bertz CT molecular complexity index is 533. The quantitative estimate of drug-likeness (QED) is 0.395. The maximum Gasteiger partial charge on any atom is 0.345 e. The summed E-state index contributed by atoms with van der Waals surface area (Å²) in [6, 6.07) is 0. The van der Waals surface area contributed by atoms with Crippen molar-refractivity contribution in [1.29, 1.82) is 0 Å². The molecule has 0 aromatic carbocycles. The average molecular weight is 474 g/mol. The van der Waals surface area contributed by atoms with Crippen LogP contribution in [0.25, 0.3) is 0 Å². The summed E-state index contributed by atoms with van der Waals surface area (Å²) in [6.45, 7) is 21.4. The van der Waals surface area contributed by atoms with Crippen molar-refractivity contribution >= 4 is 15.2 Å². The molecule has 0 bridgehead atoms. The first kappa shape index (κ1) is 30.2. The first-order valence-corrected chi connectivity index (χ1v) is 13.8. The fraction of sp³-hybridized carbons (Fsp3) is 1.00. The van der Waals surface area contributed by atoms with Gasteiger partial charge in [-0.3, -0.25) is 14.0 Å². The highest BCUT2D eigenvalue weighted by atomic mass is 31.2. The van der Waals surface area contributed by atoms with Crippen molar-refractivity contribution in [3.05, 3.63) is 0 Å². The van der Waals surface area contributed by atoms with Crippen LogP contribution in [0.3, 0.4) is 0 Å². The SMILES string of the molecule is CC(C)(C)OP(=O)(CN(CCO)CP(=O)(OC(C)(C)C)OC(C)(C)C)OC(C)(C)C. The molecule has 0 aromatic rings. The largest absolute Gasteiger partial charge is 0.395 e. The van der Waals surface area contributed by atoms with Crippen LogP contribution in [0.2, 0.25) is 0 Å². The molecule has 0 heterocycles. The minimum Gasteiger partial charge on any atom is -0.395 e. The highest BCUT2D eigenvalue weighted by Crippen LogP contribution is 2.58. The maximum absolute atomic E-state index is 13.6. The molecule has 30 heavy (non-hydrogen) atoms. The molecule has 0 aliphatic heterocycles. The minimum atomic E-state index is -3.65. The van der Waals surface area contributed by atoms with Gasteiger partial charge in [-0.15, -0.1) is 0 Å². The Morgan fingerprint density at radius 3 is 1.00 bits per heavy atom. The van der Waals surface area contributed by atoms with Crippen LogP contribution in [0.15, 0.2) is 0 Å². The second-order valence-electron chi connectivity index (χ2n) is 11.4. The number of aliphatic hydroxyl groups excluding tert-OH is 1. The van der Waals surface area contributed by atoms with E-state index < -0.39 is 37.6 Å². The number of nitrogens with zero attached hydrogens (tertiary/aromatic N) is 1. The molecule has 0 rings (SSSR count). The highest BCUT2D eigenvalue weighted by Gasteiger charge is 2.41. The van der Waals surface area contributed by atoms with Gasteiger partial charge in [0.25, 0.3) is 0 Å². The summed E-state index contributed by atoms with van der Waals surface area (Å²) >= 11 is 0. The van der Waals surface area contributed by atoms with Gasteiger partial charge in [0.15, 0.2) is 0 Å². The van der Waals surface area contributed by atoms with E-state index in [1.807, 2.05) is 0 Å². The topological polar surface area (TPSA) is 94.5 Å². The van der Waals surface area contributed by atoms with Gasteiger partial charge < -0.3 is 23.2 Å². The molecule has 0 aliphatic carbocycles. The molecular weight excluding hydrogens is 428 g/mol. The molecule has 0 spiro atoms. The van der Waals surface area contributed by atoms with Crippen molar-refractivity contribution < 1.29 is 32.3 Å². The van der Waals surface area contributed by atoms with Crippen molar-refractivity contribution in [2.45, 2.75) is 105 Å². The summed E-state index contributed by atoms with van der Waals surface area (Å²) in [6.07, 6.45) is -0.319. The molecular formula is C20H45NO7P2. The first-order chi connectivity index (χ1) is 13.0. The standard InChI is InChI=1S/C20H45NO7P2/c1-17(2,3)25-29(23,26-18(4,5)6)15-21(13-14-22)16-30(24,27-19(7,8)9)28-20(10,11)12/h22H,13-16H2,1-12H3. The minimum absolute atomic E-state index is 0.107. The molecule has 0 amide bonds. The van der Waals surface area contributed by atoms with E-state index in [0.717, 1.165) is 0 Å². The number of aliphatic hydroxyl groups is 1. The molecule has 10 heteroatoms. The van der Waals surface area contributed by atoms with Crippen LogP contribution < -0.4 is 0 Å². The molecule has 0 fully saturated rings. The second-order valence-corrected chi connectivity index (χ2v) is 15.2. The smallest absolute Gasteiger partial charge is 0.345 e. The predicted molar refractivity (Wildman–Crippen MR) is 122 cm³/mol. The van der Waals surface area contributed by atoms with E-state index in [9.17, 15) is 14.2 Å². The Morgan fingerprint density at radius 1 is 0.600 bits per heavy atom. The van der Waals surface area contributed by atoms with Crippen LogP contribution in [0, 0.1) is 0 Å². The summed E-state index contributed by atoms with van der Waals surface area (Å²) in [5.74, 6) is 0. The van der Waals surface area contributed by atoms with E-state index in [-0.39, 0.29) is 25.7 Å². The molecule has 0 saturated heterocycles. The summed E-state index contributed by atoms with van der Waals surface area (Å²) in [5, 5.41) is 9.58. The van der Waals surface area contributed by atoms with E-state index in [1.54, 1.807) is 88.0 Å². The van der Waals surface area contributed by atoms with Crippen LogP contribution in [0.4, 0.5) is 0 Å². The van der Waals surface area contributed by atoms with E-state index in [2.05, 4.69) is 0 Å². The molecule has 8 nitrogen and oxygen atoms in total. The van der Waals surface area contributed by atoms with Gasteiger partial charge in [0, 0.05) is 6.54 Å². The van der Waals surface area contributed by atoms with Crippen molar-refractivity contribution in [3.63, 3.8) is 0 Å². The molecule has 182 valence electrons. The van der Waals surface area contributed by atoms with Crippen molar-refractivity contribution in [2.75, 3.05) is 25.7 Å². The molecule has 0 aromatic heterocycles. The average Bonchev–Trinajstić information content (AvgIpc) is 2.26. The lowest BCUT2D eigenvalue weighted by atomic mass is 10.2. The molecule has 0 unspecified atom stereocenters. The lowest BCUT2D eigenvalue weighted by Gasteiger charge is -2.37. The molecule has 0 aliphatic rings. The van der Waals surface area contributed by atoms with Gasteiger partial charge in [-0.1, -0.05) is 0 Å². The fourth-order valence-electron chi connectivity index (χ4n) is 2.64. The van der Waals surface area contributed by atoms with Crippen LogP contribution >= 0.6 is 15.2 Å². The molecule has 0 saturated carbocycles. The van der Waals surface area contributed by atoms with Crippen molar-refractivity contribution in [3.8, 4) is 0 Å². The number of hydrogen-bond donors (Lipinski definition) is 1. The monoisotopic (exact) mass is 473 g/mol. The summed E-state index contributed by atoms with van der Waals surface area (Å²) in [5.41, 5.74) is -2.89. The third-order valence-electron chi connectivity index (χ3n) is 2.81. The third kappa shape index (κ3) is 15.1. The maximum atomic E-state index is 13.6. The zero-order valence-corrected chi connectivity index (χ0v) is 22.9. The Balaban J connectivity index is 5.93. The number of hydrogen-bond acceptors (Lipinski definition) is 8. The molecule has 0 atom stereocenters. The van der Waals surface area contributed by atoms with Crippen molar-refractivity contribution in [2.24, 2.45) is 0 Å². The number of rotatable bonds is 10. The molecule has 1 N–H and O–H groups in total. The zero-order chi connectivity index (χ0) is 24.2. The van der Waals surface area contributed by atoms with Crippen LogP contribution in [-0.4, -0.2) is 58.1 Å². The zero-order valence-electron chi connectivity index (χ0n) is 21.1. The van der Waals surface area contributed by atoms with Gasteiger partial charge >= 0.3 is 15.2 Å². The lowest BCUT2D eigenvalue weighted by molar-refractivity contribution is 0.0369. The third-order valence-corrected chi connectivity index (χ3v) is 7.61. The lowest BCUT2D eigenvalue weighted by Crippen LogP contribution is -2.36. The highest BCUT2D eigenvalue weighted by molar-refractivity contribution is 7.54. The van der Waals surface area contributed by atoms with Crippen LogP contribution in [-0.2, 0) is 27.2 Å². The van der Waals surface area contributed by atoms with Crippen LogP contribution in [0.1, 0.15) is 83.1 Å². The summed E-state index contributed by atoms with van der Waals surface area (Å²) < 4.78 is 50.6.